The Bertz CT molecular complexity index is 496. The third-order valence-corrected chi connectivity index (χ3v) is 4.68. The second kappa shape index (κ2) is 6.44. The molecule has 1 aromatic carbocycles. The van der Waals surface area contributed by atoms with Crippen molar-refractivity contribution in [2.45, 2.75) is 25.2 Å². The maximum absolute atomic E-state index is 12.2. The van der Waals surface area contributed by atoms with E-state index in [1.165, 1.54) is 0 Å². The summed E-state index contributed by atoms with van der Waals surface area (Å²) in [6.45, 7) is 5.18. The van der Waals surface area contributed by atoms with Crippen LogP contribution in [-0.4, -0.2) is 35.9 Å². The van der Waals surface area contributed by atoms with Gasteiger partial charge in [0.15, 0.2) is 5.78 Å². The number of carbonyl (C=O) groups excluding carboxylic acids is 2. The highest BCUT2D eigenvalue weighted by atomic mass is 32.2. The first-order chi connectivity index (χ1) is 9.51. The molecule has 1 aliphatic heterocycles. The number of amides is 1. The molecule has 0 bridgehead atoms. The summed E-state index contributed by atoms with van der Waals surface area (Å²) in [5.74, 6) is 1.00. The third-order valence-electron chi connectivity index (χ3n) is 3.93. The molecule has 1 aromatic rings. The van der Waals surface area contributed by atoms with E-state index < -0.39 is 0 Å². The number of nitrogens with zero attached hydrogens (tertiary/aromatic N) is 1. The third kappa shape index (κ3) is 3.42. The Labute approximate surface area is 124 Å². The minimum atomic E-state index is 0.0235. The lowest BCUT2D eigenvalue weighted by atomic mass is 9.95. The highest BCUT2D eigenvalue weighted by Crippen LogP contribution is 2.25. The van der Waals surface area contributed by atoms with Gasteiger partial charge in [-0.1, -0.05) is 26.0 Å². The molecule has 20 heavy (non-hydrogen) atoms. The van der Waals surface area contributed by atoms with Gasteiger partial charge in [-0.2, -0.15) is 0 Å². The highest BCUT2D eigenvalue weighted by Gasteiger charge is 2.32. The van der Waals surface area contributed by atoms with Crippen molar-refractivity contribution in [3.8, 4) is 0 Å². The molecule has 1 unspecified atom stereocenters. The SMILES string of the molecule is CSc1ccc(C(=O)CN2CC(C(C)C)CC2=O)cc1. The molecule has 0 N–H and O–H groups in total. The van der Waals surface area contributed by atoms with Crippen LogP contribution in [0.15, 0.2) is 29.2 Å². The smallest absolute Gasteiger partial charge is 0.223 e. The minimum absolute atomic E-state index is 0.0235. The molecule has 1 fully saturated rings. The lowest BCUT2D eigenvalue weighted by Gasteiger charge is -2.17. The summed E-state index contributed by atoms with van der Waals surface area (Å²) in [6, 6.07) is 7.57. The molecule has 0 saturated carbocycles. The fourth-order valence-corrected chi connectivity index (χ4v) is 2.85. The van der Waals surface area contributed by atoms with E-state index in [0.29, 0.717) is 30.4 Å². The van der Waals surface area contributed by atoms with Crippen LogP contribution in [0.3, 0.4) is 0 Å². The van der Waals surface area contributed by atoms with Crippen LogP contribution >= 0.6 is 11.8 Å². The zero-order chi connectivity index (χ0) is 14.7. The van der Waals surface area contributed by atoms with Crippen molar-refractivity contribution in [1.29, 1.82) is 0 Å². The van der Waals surface area contributed by atoms with Crippen LogP contribution in [0.2, 0.25) is 0 Å². The molecule has 4 heteroatoms. The van der Waals surface area contributed by atoms with Gasteiger partial charge in [-0.25, -0.2) is 0 Å². The zero-order valence-corrected chi connectivity index (χ0v) is 13.1. The molecular weight excluding hydrogens is 270 g/mol. The maximum atomic E-state index is 12.2. The monoisotopic (exact) mass is 291 g/mol. The van der Waals surface area contributed by atoms with E-state index in [9.17, 15) is 9.59 Å². The minimum Gasteiger partial charge on any atom is -0.335 e. The van der Waals surface area contributed by atoms with E-state index >= 15 is 0 Å². The van der Waals surface area contributed by atoms with Gasteiger partial charge < -0.3 is 4.90 Å². The number of ketones is 1. The normalized spacial score (nSPS) is 18.9. The molecule has 2 rings (SSSR count). The number of carbonyl (C=O) groups is 2. The van der Waals surface area contributed by atoms with E-state index in [1.807, 2.05) is 30.5 Å². The maximum Gasteiger partial charge on any atom is 0.223 e. The average Bonchev–Trinajstić information content (AvgIpc) is 2.80. The second-order valence-corrected chi connectivity index (χ2v) is 6.51. The molecule has 1 amide bonds. The summed E-state index contributed by atoms with van der Waals surface area (Å²) in [5, 5.41) is 0. The molecule has 0 radical (unpaired) electrons. The Morgan fingerprint density at radius 1 is 1.35 bits per heavy atom. The first kappa shape index (κ1) is 15.1. The van der Waals surface area contributed by atoms with Gasteiger partial charge in [0, 0.05) is 23.4 Å². The predicted molar refractivity (Wildman–Crippen MR) is 82.1 cm³/mol. The van der Waals surface area contributed by atoms with Gasteiger partial charge in [-0.15, -0.1) is 11.8 Å². The molecule has 3 nitrogen and oxygen atoms in total. The Balaban J connectivity index is 1.99. The van der Waals surface area contributed by atoms with Crippen molar-refractivity contribution in [2.75, 3.05) is 19.3 Å². The fraction of sp³-hybridized carbons (Fsp3) is 0.500. The van der Waals surface area contributed by atoms with Crippen LogP contribution in [0.4, 0.5) is 0 Å². The zero-order valence-electron chi connectivity index (χ0n) is 12.3. The van der Waals surface area contributed by atoms with E-state index in [2.05, 4.69) is 13.8 Å². The number of rotatable bonds is 5. The van der Waals surface area contributed by atoms with Crippen LogP contribution in [0, 0.1) is 11.8 Å². The second-order valence-electron chi connectivity index (χ2n) is 5.63. The Morgan fingerprint density at radius 3 is 2.50 bits per heavy atom. The van der Waals surface area contributed by atoms with Crippen LogP contribution in [0.25, 0.3) is 0 Å². The number of hydrogen-bond acceptors (Lipinski definition) is 3. The van der Waals surface area contributed by atoms with Gasteiger partial charge in [0.2, 0.25) is 5.91 Å². The topological polar surface area (TPSA) is 37.4 Å². The van der Waals surface area contributed by atoms with Crippen molar-refractivity contribution in [2.24, 2.45) is 11.8 Å². The van der Waals surface area contributed by atoms with Crippen LogP contribution in [0.5, 0.6) is 0 Å². The van der Waals surface area contributed by atoms with Gasteiger partial charge in [-0.3, -0.25) is 9.59 Å². The number of hydrogen-bond donors (Lipinski definition) is 0. The van der Waals surface area contributed by atoms with Crippen molar-refractivity contribution in [3.05, 3.63) is 29.8 Å². The number of thioether (sulfide) groups is 1. The standard InChI is InChI=1S/C16H21NO2S/c1-11(2)13-8-16(19)17(9-13)10-15(18)12-4-6-14(20-3)7-5-12/h4-7,11,13H,8-10H2,1-3H3. The largest absolute Gasteiger partial charge is 0.335 e. The molecular formula is C16H21NO2S. The molecule has 1 aliphatic rings. The summed E-state index contributed by atoms with van der Waals surface area (Å²) >= 11 is 1.65. The van der Waals surface area contributed by atoms with Gasteiger partial charge in [0.25, 0.3) is 0 Å². The van der Waals surface area contributed by atoms with Crippen LogP contribution in [0.1, 0.15) is 30.6 Å². The van der Waals surface area contributed by atoms with Crippen molar-refractivity contribution in [3.63, 3.8) is 0 Å². The van der Waals surface area contributed by atoms with E-state index in [-0.39, 0.29) is 18.2 Å². The molecule has 1 heterocycles. The quantitative estimate of drug-likeness (QED) is 0.618. The average molecular weight is 291 g/mol. The molecule has 1 saturated heterocycles. The van der Waals surface area contributed by atoms with E-state index in [0.717, 1.165) is 4.90 Å². The molecule has 108 valence electrons. The van der Waals surface area contributed by atoms with Gasteiger partial charge in [0.1, 0.15) is 0 Å². The summed E-state index contributed by atoms with van der Waals surface area (Å²) in [4.78, 5) is 27.0. The summed E-state index contributed by atoms with van der Waals surface area (Å²) in [7, 11) is 0. The fourth-order valence-electron chi connectivity index (χ4n) is 2.44. The molecule has 1 atom stereocenters. The van der Waals surface area contributed by atoms with E-state index in [1.54, 1.807) is 16.7 Å². The number of Topliss-reactive ketones (excluding diaryl/α,β-unsaturated/α-hetero) is 1. The highest BCUT2D eigenvalue weighted by molar-refractivity contribution is 7.98. The summed E-state index contributed by atoms with van der Waals surface area (Å²) < 4.78 is 0. The predicted octanol–water partition coefficient (Wildman–Crippen LogP) is 3.10. The van der Waals surface area contributed by atoms with Crippen LogP contribution < -0.4 is 0 Å². The van der Waals surface area contributed by atoms with Gasteiger partial charge >= 0.3 is 0 Å². The Kier molecular flexibility index (Phi) is 4.86. The number of benzene rings is 1. The Hall–Kier alpha value is -1.29. The lowest BCUT2D eigenvalue weighted by Crippen LogP contribution is -2.31. The molecule has 0 aromatic heterocycles. The Morgan fingerprint density at radius 2 is 2.00 bits per heavy atom. The van der Waals surface area contributed by atoms with Crippen LogP contribution in [-0.2, 0) is 4.79 Å². The number of likely N-dealkylation sites (tertiary alicyclic amines) is 1. The van der Waals surface area contributed by atoms with Gasteiger partial charge in [-0.05, 0) is 30.2 Å². The lowest BCUT2D eigenvalue weighted by molar-refractivity contribution is -0.127. The summed E-state index contributed by atoms with van der Waals surface area (Å²) in [6.07, 6.45) is 2.59. The van der Waals surface area contributed by atoms with Crippen molar-refractivity contribution in [1.82, 2.24) is 4.90 Å². The molecule has 0 spiro atoms. The van der Waals surface area contributed by atoms with E-state index in [4.69, 9.17) is 0 Å². The van der Waals surface area contributed by atoms with Crippen molar-refractivity contribution < 1.29 is 9.59 Å². The first-order valence-corrected chi connectivity index (χ1v) is 8.18. The van der Waals surface area contributed by atoms with Gasteiger partial charge in [0.05, 0.1) is 6.54 Å². The molecule has 0 aliphatic carbocycles. The van der Waals surface area contributed by atoms with Crippen molar-refractivity contribution >= 4 is 23.5 Å². The summed E-state index contributed by atoms with van der Waals surface area (Å²) in [5.41, 5.74) is 0.684. The first-order valence-electron chi connectivity index (χ1n) is 6.96.